The molecule has 0 aromatic carbocycles. The van der Waals surface area contributed by atoms with Crippen LogP contribution in [0.15, 0.2) is 24.3 Å². The molecule has 0 atom stereocenters. The van der Waals surface area contributed by atoms with Crippen molar-refractivity contribution >= 4 is 0 Å². The molecule has 1 nitrogen and oxygen atoms in total. The van der Waals surface area contributed by atoms with Crippen LogP contribution < -0.4 is 0 Å². The standard InChI is InChI=1S/C13H21N/c1-2-3-4-5-6-7-8-9-10-11-12-13-14/h4-5,11-12H,2-3,6-10H2,1H3/b5-4+,12-11+. The monoisotopic (exact) mass is 191 g/mol. The van der Waals surface area contributed by atoms with Gasteiger partial charge in [-0.05, 0) is 32.1 Å². The molecule has 78 valence electrons. The molecule has 0 radical (unpaired) electrons. The predicted molar refractivity (Wildman–Crippen MR) is 61.9 cm³/mol. The minimum absolute atomic E-state index is 1.05. The summed E-state index contributed by atoms with van der Waals surface area (Å²) in [4.78, 5) is 0. The Labute approximate surface area is 88.1 Å². The van der Waals surface area contributed by atoms with E-state index in [1.165, 1.54) is 38.5 Å². The molecule has 0 fully saturated rings. The van der Waals surface area contributed by atoms with Crippen LogP contribution in [0.1, 0.15) is 51.9 Å². The van der Waals surface area contributed by atoms with Crippen molar-refractivity contribution in [2.24, 2.45) is 0 Å². The van der Waals surface area contributed by atoms with Crippen LogP contribution in [-0.4, -0.2) is 0 Å². The largest absolute Gasteiger partial charge is 0.193 e. The summed E-state index contributed by atoms with van der Waals surface area (Å²) in [6, 6.07) is 2.00. The van der Waals surface area contributed by atoms with Gasteiger partial charge in [-0.25, -0.2) is 0 Å². The number of nitrogens with zero attached hydrogens (tertiary/aromatic N) is 1. The van der Waals surface area contributed by atoms with Gasteiger partial charge < -0.3 is 0 Å². The van der Waals surface area contributed by atoms with Crippen molar-refractivity contribution in [3.63, 3.8) is 0 Å². The van der Waals surface area contributed by atoms with Crippen molar-refractivity contribution in [1.29, 1.82) is 5.26 Å². The van der Waals surface area contributed by atoms with Gasteiger partial charge in [0.2, 0.25) is 0 Å². The maximum absolute atomic E-state index is 8.24. The average Bonchev–Trinajstić information content (AvgIpc) is 2.21. The highest BCUT2D eigenvalue weighted by atomic mass is 14.2. The minimum atomic E-state index is 1.05. The molecule has 0 aromatic rings. The van der Waals surface area contributed by atoms with Gasteiger partial charge in [0.1, 0.15) is 0 Å². The van der Waals surface area contributed by atoms with Crippen molar-refractivity contribution in [1.82, 2.24) is 0 Å². The molecule has 0 bridgehead atoms. The molecule has 0 amide bonds. The van der Waals surface area contributed by atoms with Crippen LogP contribution in [0.2, 0.25) is 0 Å². The maximum atomic E-state index is 8.24. The maximum Gasteiger partial charge on any atom is 0.0908 e. The second-order valence-electron chi connectivity index (χ2n) is 3.43. The highest BCUT2D eigenvalue weighted by Gasteiger charge is 1.85. The Morgan fingerprint density at radius 2 is 1.57 bits per heavy atom. The lowest BCUT2D eigenvalue weighted by Gasteiger charge is -1.94. The highest BCUT2D eigenvalue weighted by molar-refractivity contribution is 5.01. The van der Waals surface area contributed by atoms with Crippen LogP contribution in [-0.2, 0) is 0 Å². The molecule has 0 heterocycles. The first-order chi connectivity index (χ1) is 6.91. The van der Waals surface area contributed by atoms with Gasteiger partial charge in [0.05, 0.1) is 6.07 Å². The zero-order chi connectivity index (χ0) is 10.5. The van der Waals surface area contributed by atoms with E-state index in [4.69, 9.17) is 5.26 Å². The third kappa shape index (κ3) is 11.0. The fourth-order valence-electron chi connectivity index (χ4n) is 1.24. The Bertz CT molecular complexity index is 196. The molecule has 0 saturated carbocycles. The summed E-state index contributed by atoms with van der Waals surface area (Å²) in [5.74, 6) is 0. The molecule has 0 saturated heterocycles. The quantitative estimate of drug-likeness (QED) is 0.317. The zero-order valence-electron chi connectivity index (χ0n) is 9.21. The fraction of sp³-hybridized carbons (Fsp3) is 0.615. The molecular formula is C13H21N. The van der Waals surface area contributed by atoms with Gasteiger partial charge >= 0.3 is 0 Å². The summed E-state index contributed by atoms with van der Waals surface area (Å²) in [5, 5.41) is 8.24. The van der Waals surface area contributed by atoms with Gasteiger partial charge in [0, 0.05) is 6.08 Å². The third-order valence-electron chi connectivity index (χ3n) is 2.06. The molecule has 1 heteroatoms. The van der Waals surface area contributed by atoms with Gasteiger partial charge in [0.25, 0.3) is 0 Å². The lowest BCUT2D eigenvalue weighted by atomic mass is 10.1. The van der Waals surface area contributed by atoms with E-state index < -0.39 is 0 Å². The van der Waals surface area contributed by atoms with Crippen molar-refractivity contribution in [2.75, 3.05) is 0 Å². The van der Waals surface area contributed by atoms with E-state index in [0.29, 0.717) is 0 Å². The lowest BCUT2D eigenvalue weighted by molar-refractivity contribution is 0.695. The number of hydrogen-bond acceptors (Lipinski definition) is 1. The van der Waals surface area contributed by atoms with Crippen LogP contribution in [0, 0.1) is 11.3 Å². The normalized spacial score (nSPS) is 11.1. The van der Waals surface area contributed by atoms with Crippen molar-refractivity contribution in [2.45, 2.75) is 51.9 Å². The van der Waals surface area contributed by atoms with Gasteiger partial charge in [-0.2, -0.15) is 5.26 Å². The fourth-order valence-corrected chi connectivity index (χ4v) is 1.24. The topological polar surface area (TPSA) is 23.8 Å². The van der Waals surface area contributed by atoms with E-state index in [9.17, 15) is 0 Å². The van der Waals surface area contributed by atoms with Crippen LogP contribution in [0.5, 0.6) is 0 Å². The molecule has 0 aliphatic heterocycles. The van der Waals surface area contributed by atoms with Crippen molar-refractivity contribution < 1.29 is 0 Å². The van der Waals surface area contributed by atoms with Gasteiger partial charge in [-0.3, -0.25) is 0 Å². The van der Waals surface area contributed by atoms with Crippen LogP contribution in [0.3, 0.4) is 0 Å². The zero-order valence-corrected chi connectivity index (χ0v) is 9.21. The Balaban J connectivity index is 3.07. The average molecular weight is 191 g/mol. The second kappa shape index (κ2) is 12.0. The van der Waals surface area contributed by atoms with E-state index in [-0.39, 0.29) is 0 Å². The molecule has 0 aromatic heterocycles. The van der Waals surface area contributed by atoms with E-state index in [2.05, 4.69) is 19.1 Å². The van der Waals surface area contributed by atoms with Crippen LogP contribution >= 0.6 is 0 Å². The minimum Gasteiger partial charge on any atom is -0.193 e. The first-order valence-electron chi connectivity index (χ1n) is 5.61. The molecule has 14 heavy (non-hydrogen) atoms. The molecule has 0 rings (SSSR count). The van der Waals surface area contributed by atoms with Crippen LogP contribution in [0.25, 0.3) is 0 Å². The molecule has 0 unspecified atom stereocenters. The van der Waals surface area contributed by atoms with E-state index >= 15 is 0 Å². The third-order valence-corrected chi connectivity index (χ3v) is 2.06. The van der Waals surface area contributed by atoms with Crippen molar-refractivity contribution in [3.05, 3.63) is 24.3 Å². The van der Waals surface area contributed by atoms with Crippen LogP contribution in [0.4, 0.5) is 0 Å². The highest BCUT2D eigenvalue weighted by Crippen LogP contribution is 2.04. The SMILES string of the molecule is CCC/C=C/CCCCC/C=C/C#N. The second-order valence-corrected chi connectivity index (χ2v) is 3.43. The first kappa shape index (κ1) is 13.0. The number of nitriles is 1. The number of hydrogen-bond donors (Lipinski definition) is 0. The van der Waals surface area contributed by atoms with Gasteiger partial charge in [-0.1, -0.05) is 38.0 Å². The number of rotatable bonds is 8. The van der Waals surface area contributed by atoms with Gasteiger partial charge in [0.15, 0.2) is 0 Å². The number of allylic oxidation sites excluding steroid dienone is 4. The molecular weight excluding hydrogens is 170 g/mol. The Morgan fingerprint density at radius 1 is 0.929 bits per heavy atom. The smallest absolute Gasteiger partial charge is 0.0908 e. The van der Waals surface area contributed by atoms with Crippen molar-refractivity contribution in [3.8, 4) is 6.07 Å². The Kier molecular flexibility index (Phi) is 11.1. The first-order valence-corrected chi connectivity index (χ1v) is 5.61. The Morgan fingerprint density at radius 3 is 2.21 bits per heavy atom. The Hall–Kier alpha value is -1.03. The molecule has 0 aliphatic rings. The summed E-state index contributed by atoms with van der Waals surface area (Å²) >= 11 is 0. The van der Waals surface area contributed by atoms with E-state index in [1.54, 1.807) is 6.08 Å². The summed E-state index contributed by atoms with van der Waals surface area (Å²) in [6.45, 7) is 2.20. The summed E-state index contributed by atoms with van der Waals surface area (Å²) < 4.78 is 0. The predicted octanol–water partition coefficient (Wildman–Crippen LogP) is 4.37. The molecule has 0 aliphatic carbocycles. The lowest BCUT2D eigenvalue weighted by Crippen LogP contribution is -1.74. The molecule has 0 spiro atoms. The summed E-state index contributed by atoms with van der Waals surface area (Å²) in [5.41, 5.74) is 0. The van der Waals surface area contributed by atoms with E-state index in [1.807, 2.05) is 12.1 Å². The summed E-state index contributed by atoms with van der Waals surface area (Å²) in [7, 11) is 0. The summed E-state index contributed by atoms with van der Waals surface area (Å²) in [6.07, 6.45) is 16.6. The van der Waals surface area contributed by atoms with E-state index in [0.717, 1.165) is 6.42 Å². The van der Waals surface area contributed by atoms with Gasteiger partial charge in [-0.15, -0.1) is 0 Å². The molecule has 0 N–H and O–H groups in total. The number of unbranched alkanes of at least 4 members (excludes halogenated alkanes) is 5.